The average Bonchev–Trinajstić information content (AvgIpc) is 3.49. The van der Waals surface area contributed by atoms with Crippen LogP contribution in [0.25, 0.3) is 5.65 Å². The molecule has 3 aliphatic rings. The zero-order chi connectivity index (χ0) is 31.0. The minimum atomic E-state index is -0.653. The van der Waals surface area contributed by atoms with Gasteiger partial charge in [-0.25, -0.2) is 22.9 Å². The number of likely N-dealkylation sites (tertiary alicyclic amines) is 1. The number of piperazine rings is 1. The van der Waals surface area contributed by atoms with Crippen LogP contribution in [-0.4, -0.2) is 98.1 Å². The lowest BCUT2D eigenvalue weighted by molar-refractivity contribution is -0.00509. The van der Waals surface area contributed by atoms with Crippen molar-refractivity contribution in [3.63, 3.8) is 0 Å². The van der Waals surface area contributed by atoms with Crippen LogP contribution < -0.4 is 5.56 Å². The molecule has 1 N–H and O–H groups in total. The molecule has 44 heavy (non-hydrogen) atoms. The Bertz CT molecular complexity index is 1580. The molecule has 3 aromatic rings. The van der Waals surface area contributed by atoms with Gasteiger partial charge in [0, 0.05) is 68.8 Å². The number of pyridine rings is 1. The van der Waals surface area contributed by atoms with E-state index in [1.54, 1.807) is 11.1 Å². The van der Waals surface area contributed by atoms with Gasteiger partial charge in [-0.15, -0.1) is 0 Å². The van der Waals surface area contributed by atoms with E-state index in [1.807, 2.05) is 16.8 Å². The lowest BCUT2D eigenvalue weighted by Gasteiger charge is -2.51. The molecule has 2 atom stereocenters. The highest BCUT2D eigenvalue weighted by atomic mass is 19.1. The summed E-state index contributed by atoms with van der Waals surface area (Å²) in [5.74, 6) is -1.62. The number of amides is 2. The van der Waals surface area contributed by atoms with Crippen molar-refractivity contribution >= 4 is 11.7 Å². The molecule has 1 spiro atoms. The number of aliphatic hydroxyl groups excluding tert-OH is 1. The van der Waals surface area contributed by atoms with Crippen LogP contribution in [0.15, 0.2) is 47.5 Å². The molecule has 2 aliphatic heterocycles. The van der Waals surface area contributed by atoms with Crippen molar-refractivity contribution in [1.82, 2.24) is 29.0 Å². The van der Waals surface area contributed by atoms with Crippen LogP contribution in [0.1, 0.15) is 55.7 Å². The Morgan fingerprint density at radius 2 is 1.86 bits per heavy atom. The second kappa shape index (κ2) is 12.5. The van der Waals surface area contributed by atoms with E-state index in [4.69, 9.17) is 0 Å². The normalized spacial score (nSPS) is 22.4. The number of hydrogen-bond acceptors (Lipinski definition) is 6. The van der Waals surface area contributed by atoms with Crippen molar-refractivity contribution in [2.45, 2.75) is 62.7 Å². The van der Waals surface area contributed by atoms with Crippen LogP contribution in [0, 0.1) is 17.5 Å². The molecule has 3 fully saturated rings. The Balaban J connectivity index is 1.24. The van der Waals surface area contributed by atoms with Gasteiger partial charge in [0.1, 0.15) is 23.1 Å². The van der Waals surface area contributed by atoms with Gasteiger partial charge in [-0.05, 0) is 63.1 Å². The third kappa shape index (κ3) is 5.82. The van der Waals surface area contributed by atoms with Crippen LogP contribution in [-0.2, 0) is 6.54 Å². The molecule has 2 saturated heterocycles. The smallest absolute Gasteiger partial charge is 0.320 e. The van der Waals surface area contributed by atoms with E-state index in [1.165, 1.54) is 22.6 Å². The fourth-order valence-corrected chi connectivity index (χ4v) is 7.50. The van der Waals surface area contributed by atoms with E-state index >= 15 is 4.39 Å². The summed E-state index contributed by atoms with van der Waals surface area (Å²) in [6, 6.07) is 5.27. The third-order valence-corrected chi connectivity index (χ3v) is 9.91. The summed E-state index contributed by atoms with van der Waals surface area (Å²) in [5.41, 5.74) is 0.364. The Morgan fingerprint density at radius 1 is 1.09 bits per heavy atom. The summed E-state index contributed by atoms with van der Waals surface area (Å²) in [6.07, 6.45) is 7.52. The predicted molar refractivity (Wildman–Crippen MR) is 159 cm³/mol. The summed E-state index contributed by atoms with van der Waals surface area (Å²) < 4.78 is 44.6. The van der Waals surface area contributed by atoms with E-state index in [0.29, 0.717) is 63.3 Å². The minimum absolute atomic E-state index is 0.0000775. The first-order valence-corrected chi connectivity index (χ1v) is 15.4. The Kier molecular flexibility index (Phi) is 8.67. The maximum absolute atomic E-state index is 15.1. The maximum atomic E-state index is 15.1. The molecule has 236 valence electrons. The van der Waals surface area contributed by atoms with Gasteiger partial charge < -0.3 is 19.8 Å². The van der Waals surface area contributed by atoms with Gasteiger partial charge in [-0.3, -0.25) is 14.1 Å². The molecule has 0 unspecified atom stereocenters. The zero-order valence-electron chi connectivity index (χ0n) is 25.0. The molecule has 12 heteroatoms. The number of nitrogens with zero attached hydrogens (tertiary/aromatic N) is 6. The molecule has 1 aliphatic carbocycles. The number of rotatable bonds is 6. The standard InChI is InChI=1S/C32H39F3N6O3/c1-37(14-15-42)25-8-11-40(28(17-25)26-16-23(33)4-6-27(26)35)31(44)38-12-13-39(32(21-38)9-2-3-10-32)19-22-18-36-29-7-5-24(34)20-41(29)30(22)43/h4-7,16,18,20,25,28,42H,2-3,8-15,17,19,21H2,1H3/t25-,28+/m1/s1. The van der Waals surface area contributed by atoms with Crippen molar-refractivity contribution in [1.29, 1.82) is 0 Å². The average molecular weight is 613 g/mol. The predicted octanol–water partition coefficient (Wildman–Crippen LogP) is 3.79. The molecular formula is C32H39F3N6O3. The highest BCUT2D eigenvalue weighted by Crippen LogP contribution is 2.41. The fourth-order valence-electron chi connectivity index (χ4n) is 7.50. The number of carbonyl (C=O) groups is 1. The largest absolute Gasteiger partial charge is 0.395 e. The van der Waals surface area contributed by atoms with E-state index in [0.717, 1.165) is 44.0 Å². The molecule has 1 saturated carbocycles. The fraction of sp³-hybridized carbons (Fsp3) is 0.531. The van der Waals surface area contributed by atoms with Crippen LogP contribution in [0.3, 0.4) is 0 Å². The summed E-state index contributed by atoms with van der Waals surface area (Å²) in [7, 11) is 1.90. The van der Waals surface area contributed by atoms with Crippen molar-refractivity contribution < 1.29 is 23.1 Å². The Hall–Kier alpha value is -3.48. The maximum Gasteiger partial charge on any atom is 0.320 e. The zero-order valence-corrected chi connectivity index (χ0v) is 25.0. The van der Waals surface area contributed by atoms with E-state index in [-0.39, 0.29) is 35.3 Å². The molecule has 1 aromatic carbocycles. The first-order chi connectivity index (χ1) is 21.2. The Labute approximate surface area is 254 Å². The van der Waals surface area contributed by atoms with Crippen molar-refractivity contribution in [3.05, 3.63) is 81.7 Å². The first-order valence-electron chi connectivity index (χ1n) is 15.4. The number of fused-ring (bicyclic) bond motifs is 1. The molecule has 2 aromatic heterocycles. The monoisotopic (exact) mass is 612 g/mol. The van der Waals surface area contributed by atoms with Crippen LogP contribution in [0.4, 0.5) is 18.0 Å². The minimum Gasteiger partial charge on any atom is -0.395 e. The van der Waals surface area contributed by atoms with Crippen LogP contribution in [0.2, 0.25) is 0 Å². The van der Waals surface area contributed by atoms with Gasteiger partial charge in [0.05, 0.1) is 18.2 Å². The van der Waals surface area contributed by atoms with Gasteiger partial charge in [0.2, 0.25) is 0 Å². The molecule has 6 rings (SSSR count). The number of halogens is 3. The molecule has 2 amide bonds. The number of hydrogen-bond donors (Lipinski definition) is 1. The number of carbonyl (C=O) groups excluding carboxylic acids is 1. The van der Waals surface area contributed by atoms with Gasteiger partial charge in [0.15, 0.2) is 0 Å². The topological polar surface area (TPSA) is 84.6 Å². The highest BCUT2D eigenvalue weighted by Gasteiger charge is 2.47. The molecule has 0 bridgehead atoms. The second-order valence-electron chi connectivity index (χ2n) is 12.5. The SMILES string of the molecule is CN(CCO)[C@@H]1CCN(C(=O)N2CCN(Cc3cnc4ccc(F)cn4c3=O)C3(CCCC3)C2)[C@H](c2cc(F)ccc2F)C1. The second-order valence-corrected chi connectivity index (χ2v) is 12.5. The molecule has 4 heterocycles. The number of aliphatic hydroxyl groups is 1. The summed E-state index contributed by atoms with van der Waals surface area (Å²) in [6.45, 7) is 2.57. The number of urea groups is 1. The van der Waals surface area contributed by atoms with Crippen LogP contribution in [0.5, 0.6) is 0 Å². The molecule has 9 nitrogen and oxygen atoms in total. The van der Waals surface area contributed by atoms with Crippen LogP contribution >= 0.6 is 0 Å². The van der Waals surface area contributed by atoms with Gasteiger partial charge in [-0.1, -0.05) is 12.8 Å². The van der Waals surface area contributed by atoms with Crippen molar-refractivity contribution in [2.75, 3.05) is 46.4 Å². The number of aromatic nitrogens is 2. The van der Waals surface area contributed by atoms with Gasteiger partial charge in [0.25, 0.3) is 5.56 Å². The lowest BCUT2D eigenvalue weighted by Crippen LogP contribution is -2.64. The lowest BCUT2D eigenvalue weighted by atomic mass is 9.89. The summed E-state index contributed by atoms with van der Waals surface area (Å²) >= 11 is 0. The summed E-state index contributed by atoms with van der Waals surface area (Å²) in [4.78, 5) is 39.7. The number of likely N-dealkylation sites (N-methyl/N-ethyl adjacent to an activating group) is 1. The Morgan fingerprint density at radius 3 is 2.64 bits per heavy atom. The molecule has 0 radical (unpaired) electrons. The third-order valence-electron chi connectivity index (χ3n) is 9.91. The van der Waals surface area contributed by atoms with Gasteiger partial charge >= 0.3 is 6.03 Å². The van der Waals surface area contributed by atoms with Crippen molar-refractivity contribution in [2.24, 2.45) is 0 Å². The van der Waals surface area contributed by atoms with E-state index in [2.05, 4.69) is 9.88 Å². The summed E-state index contributed by atoms with van der Waals surface area (Å²) in [5, 5.41) is 9.47. The van der Waals surface area contributed by atoms with Crippen molar-refractivity contribution in [3.8, 4) is 0 Å². The van der Waals surface area contributed by atoms with Gasteiger partial charge in [-0.2, -0.15) is 0 Å². The van der Waals surface area contributed by atoms with E-state index < -0.39 is 23.5 Å². The number of piperidine rings is 1. The molecular weight excluding hydrogens is 573 g/mol. The van der Waals surface area contributed by atoms with E-state index in [9.17, 15) is 23.5 Å². The first kappa shape index (κ1) is 30.5. The quantitative estimate of drug-likeness (QED) is 0.456. The number of benzene rings is 1. The highest BCUT2D eigenvalue weighted by molar-refractivity contribution is 5.75.